The molecular formula is C11H15ClFNO. The number of halogens is 2. The van der Waals surface area contributed by atoms with Gasteiger partial charge in [-0.15, -0.1) is 0 Å². The van der Waals surface area contributed by atoms with Crippen LogP contribution in [0.15, 0.2) is 18.2 Å². The van der Waals surface area contributed by atoms with Crippen molar-refractivity contribution in [2.24, 2.45) is 5.73 Å². The van der Waals surface area contributed by atoms with E-state index >= 15 is 0 Å². The first-order valence-corrected chi connectivity index (χ1v) is 5.32. The monoisotopic (exact) mass is 231 g/mol. The number of aliphatic hydroxyl groups excluding tert-OH is 1. The molecule has 0 amide bonds. The van der Waals surface area contributed by atoms with Gasteiger partial charge in [0.05, 0.1) is 12.1 Å². The molecule has 0 saturated carbocycles. The summed E-state index contributed by atoms with van der Waals surface area (Å²) in [5.41, 5.74) is 6.05. The largest absolute Gasteiger partial charge is 0.391 e. The minimum absolute atomic E-state index is 0.306. The Balaban J connectivity index is 2.86. The highest BCUT2D eigenvalue weighted by molar-refractivity contribution is 6.30. The van der Waals surface area contributed by atoms with Crippen molar-refractivity contribution < 1.29 is 9.50 Å². The van der Waals surface area contributed by atoms with Crippen LogP contribution in [0.4, 0.5) is 4.39 Å². The first kappa shape index (κ1) is 12.4. The Morgan fingerprint density at radius 1 is 1.53 bits per heavy atom. The van der Waals surface area contributed by atoms with Gasteiger partial charge in [-0.25, -0.2) is 4.39 Å². The number of hydrogen-bond donors (Lipinski definition) is 2. The molecule has 3 N–H and O–H groups in total. The number of hydrogen-bond acceptors (Lipinski definition) is 2. The smallest absolute Gasteiger partial charge is 0.129 e. The van der Waals surface area contributed by atoms with Gasteiger partial charge < -0.3 is 10.8 Å². The molecule has 2 atom stereocenters. The van der Waals surface area contributed by atoms with Crippen LogP contribution in [-0.2, 0) is 0 Å². The Kier molecular flexibility index (Phi) is 4.51. The molecule has 0 aliphatic heterocycles. The van der Waals surface area contributed by atoms with Gasteiger partial charge in [0.1, 0.15) is 5.82 Å². The minimum Gasteiger partial charge on any atom is -0.391 e. The van der Waals surface area contributed by atoms with Crippen molar-refractivity contribution in [1.82, 2.24) is 0 Å². The third kappa shape index (κ3) is 3.16. The Hall–Kier alpha value is -0.640. The molecule has 15 heavy (non-hydrogen) atoms. The van der Waals surface area contributed by atoms with Crippen molar-refractivity contribution in [3.05, 3.63) is 34.6 Å². The lowest BCUT2D eigenvalue weighted by molar-refractivity contribution is 0.133. The Bertz CT molecular complexity index is 332. The van der Waals surface area contributed by atoms with E-state index in [-0.39, 0.29) is 0 Å². The topological polar surface area (TPSA) is 46.2 Å². The molecule has 0 fully saturated rings. The zero-order valence-corrected chi connectivity index (χ0v) is 9.34. The van der Waals surface area contributed by atoms with E-state index in [0.717, 1.165) is 6.42 Å². The van der Waals surface area contributed by atoms with Crippen LogP contribution in [0.1, 0.15) is 31.4 Å². The van der Waals surface area contributed by atoms with E-state index in [1.807, 2.05) is 6.92 Å². The summed E-state index contributed by atoms with van der Waals surface area (Å²) in [5, 5.41) is 9.97. The fourth-order valence-corrected chi connectivity index (χ4v) is 1.61. The molecule has 2 nitrogen and oxygen atoms in total. The van der Waals surface area contributed by atoms with Gasteiger partial charge in [-0.2, -0.15) is 0 Å². The predicted octanol–water partition coefficient (Wildman–Crippen LogP) is 2.64. The second-order valence-corrected chi connectivity index (χ2v) is 3.98. The van der Waals surface area contributed by atoms with Crippen LogP contribution in [0.2, 0.25) is 5.02 Å². The van der Waals surface area contributed by atoms with Gasteiger partial charge in [-0.3, -0.25) is 0 Å². The van der Waals surface area contributed by atoms with Crippen molar-refractivity contribution in [2.75, 3.05) is 0 Å². The molecule has 0 aliphatic carbocycles. The quantitative estimate of drug-likeness (QED) is 0.837. The summed E-state index contributed by atoms with van der Waals surface area (Å²) < 4.78 is 13.4. The summed E-state index contributed by atoms with van der Waals surface area (Å²) in [6, 6.07) is 3.59. The molecule has 1 aromatic rings. The molecule has 84 valence electrons. The third-order valence-corrected chi connectivity index (χ3v) is 2.56. The zero-order chi connectivity index (χ0) is 11.4. The average molecular weight is 232 g/mol. The summed E-state index contributed by atoms with van der Waals surface area (Å²) in [7, 11) is 0. The third-order valence-electron chi connectivity index (χ3n) is 2.32. The second kappa shape index (κ2) is 5.45. The highest BCUT2D eigenvalue weighted by atomic mass is 35.5. The standard InChI is InChI=1S/C11H15ClFNO/c1-2-3-10(15)11(14)8-5-4-7(12)6-9(8)13/h4-6,10-11,15H,2-3,14H2,1H3/t10-,11+/m0/s1. The van der Waals surface area contributed by atoms with Crippen LogP contribution in [0, 0.1) is 5.82 Å². The number of nitrogens with two attached hydrogens (primary N) is 1. The average Bonchev–Trinajstić information content (AvgIpc) is 2.17. The maximum Gasteiger partial charge on any atom is 0.129 e. The van der Waals surface area contributed by atoms with Crippen molar-refractivity contribution in [1.29, 1.82) is 0 Å². The van der Waals surface area contributed by atoms with E-state index in [0.29, 0.717) is 17.0 Å². The van der Waals surface area contributed by atoms with Gasteiger partial charge >= 0.3 is 0 Å². The van der Waals surface area contributed by atoms with Crippen LogP contribution >= 0.6 is 11.6 Å². The van der Waals surface area contributed by atoms with E-state index in [4.69, 9.17) is 17.3 Å². The summed E-state index contributed by atoms with van der Waals surface area (Å²) >= 11 is 5.62. The maximum absolute atomic E-state index is 13.4. The Morgan fingerprint density at radius 3 is 2.73 bits per heavy atom. The van der Waals surface area contributed by atoms with E-state index in [1.165, 1.54) is 12.1 Å². The van der Waals surface area contributed by atoms with E-state index in [2.05, 4.69) is 0 Å². The van der Waals surface area contributed by atoms with Crippen molar-refractivity contribution >= 4 is 11.6 Å². The summed E-state index contributed by atoms with van der Waals surface area (Å²) in [4.78, 5) is 0. The highest BCUT2D eigenvalue weighted by Gasteiger charge is 2.19. The van der Waals surface area contributed by atoms with Gasteiger partial charge in [0.25, 0.3) is 0 Å². The van der Waals surface area contributed by atoms with Crippen LogP contribution < -0.4 is 5.73 Å². The zero-order valence-electron chi connectivity index (χ0n) is 8.58. The number of benzene rings is 1. The molecule has 0 saturated heterocycles. The summed E-state index contributed by atoms with van der Waals surface area (Å²) in [5.74, 6) is -0.467. The van der Waals surface area contributed by atoms with Crippen molar-refractivity contribution in [3.63, 3.8) is 0 Å². The van der Waals surface area contributed by atoms with Crippen LogP contribution in [0.5, 0.6) is 0 Å². The second-order valence-electron chi connectivity index (χ2n) is 3.55. The van der Waals surface area contributed by atoms with Crippen molar-refractivity contribution in [2.45, 2.75) is 31.9 Å². The Morgan fingerprint density at radius 2 is 2.20 bits per heavy atom. The van der Waals surface area contributed by atoms with E-state index in [9.17, 15) is 9.50 Å². The molecule has 0 bridgehead atoms. The SMILES string of the molecule is CCC[C@H](O)[C@H](N)c1ccc(Cl)cc1F. The molecule has 0 heterocycles. The first-order valence-electron chi connectivity index (χ1n) is 4.94. The summed E-state index contributed by atoms with van der Waals surface area (Å²) in [6.45, 7) is 1.94. The van der Waals surface area contributed by atoms with Gasteiger partial charge in [-0.05, 0) is 18.6 Å². The van der Waals surface area contributed by atoms with Gasteiger partial charge in [-0.1, -0.05) is 31.0 Å². The van der Waals surface area contributed by atoms with Gasteiger partial charge in [0.15, 0.2) is 0 Å². The van der Waals surface area contributed by atoms with Crippen molar-refractivity contribution in [3.8, 4) is 0 Å². The first-order chi connectivity index (χ1) is 7.06. The molecule has 1 aromatic carbocycles. The number of rotatable bonds is 4. The van der Waals surface area contributed by atoms with E-state index in [1.54, 1.807) is 6.07 Å². The molecular weight excluding hydrogens is 217 g/mol. The highest BCUT2D eigenvalue weighted by Crippen LogP contribution is 2.23. The lowest BCUT2D eigenvalue weighted by atomic mass is 9.99. The fourth-order valence-electron chi connectivity index (χ4n) is 1.45. The van der Waals surface area contributed by atoms with E-state index < -0.39 is 18.0 Å². The molecule has 0 radical (unpaired) electrons. The predicted molar refractivity (Wildman–Crippen MR) is 59.3 cm³/mol. The number of aliphatic hydroxyl groups is 1. The molecule has 0 aliphatic rings. The molecule has 4 heteroatoms. The molecule has 0 unspecified atom stereocenters. The van der Waals surface area contributed by atoms with Crippen LogP contribution in [0.25, 0.3) is 0 Å². The lowest BCUT2D eigenvalue weighted by Gasteiger charge is -2.19. The fraction of sp³-hybridized carbons (Fsp3) is 0.455. The van der Waals surface area contributed by atoms with Crippen LogP contribution in [0.3, 0.4) is 0 Å². The van der Waals surface area contributed by atoms with Gasteiger partial charge in [0, 0.05) is 10.6 Å². The normalized spacial score (nSPS) is 15.0. The molecule has 0 aromatic heterocycles. The summed E-state index contributed by atoms with van der Waals surface area (Å²) in [6.07, 6.45) is 0.651. The molecule has 0 spiro atoms. The maximum atomic E-state index is 13.4. The Labute approximate surface area is 93.9 Å². The van der Waals surface area contributed by atoms with Crippen LogP contribution in [-0.4, -0.2) is 11.2 Å². The lowest BCUT2D eigenvalue weighted by Crippen LogP contribution is -2.26. The van der Waals surface area contributed by atoms with Gasteiger partial charge in [0.2, 0.25) is 0 Å². The minimum atomic E-state index is -0.717. The molecule has 1 rings (SSSR count).